The van der Waals surface area contributed by atoms with Gasteiger partial charge in [-0.15, -0.1) is 23.5 Å². The van der Waals surface area contributed by atoms with Crippen LogP contribution in [0.5, 0.6) is 0 Å². The minimum Gasteiger partial charge on any atom is -0.271 e. The van der Waals surface area contributed by atoms with Gasteiger partial charge in [-0.1, -0.05) is 13.8 Å². The van der Waals surface area contributed by atoms with E-state index in [0.717, 1.165) is 11.5 Å². The average Bonchev–Trinajstić information content (AvgIpc) is 1.87. The predicted molar refractivity (Wildman–Crippen MR) is 48.2 cm³/mol. The van der Waals surface area contributed by atoms with E-state index >= 15 is 0 Å². The molecule has 1 amide bonds. The van der Waals surface area contributed by atoms with Gasteiger partial charge >= 0.3 is 0 Å². The van der Waals surface area contributed by atoms with Crippen molar-refractivity contribution in [2.75, 3.05) is 11.5 Å². The molecule has 59 valence electrons. The Bertz CT molecular complexity index is 102. The van der Waals surface area contributed by atoms with Gasteiger partial charge in [0.25, 0.3) is 5.91 Å². The minimum atomic E-state index is -0.460. The number of hydrogen-bond acceptors (Lipinski definition) is 3. The first-order chi connectivity index (χ1) is 4.72. The second-order valence-corrected chi connectivity index (χ2v) is 4.67. The van der Waals surface area contributed by atoms with E-state index in [1.807, 2.05) is 13.8 Å². The van der Waals surface area contributed by atoms with E-state index in [2.05, 4.69) is 0 Å². The molecule has 0 aromatic rings. The molecule has 2 nitrogen and oxygen atoms in total. The molecule has 0 heterocycles. The molecule has 0 atom stereocenters. The molecular formula is C6H12NOS2. The lowest BCUT2D eigenvalue weighted by atomic mass is 10.7. The highest BCUT2D eigenvalue weighted by atomic mass is 32.2. The third-order valence-corrected chi connectivity index (χ3v) is 3.37. The zero-order valence-electron chi connectivity index (χ0n) is 6.22. The number of amides is 1. The third-order valence-electron chi connectivity index (χ3n) is 0.850. The average molecular weight is 178 g/mol. The maximum Gasteiger partial charge on any atom is 0.261 e. The van der Waals surface area contributed by atoms with E-state index in [1.165, 1.54) is 23.5 Å². The summed E-state index contributed by atoms with van der Waals surface area (Å²) >= 11 is 3.07. The first-order valence-corrected chi connectivity index (χ1v) is 5.30. The van der Waals surface area contributed by atoms with Crippen LogP contribution in [0.15, 0.2) is 0 Å². The van der Waals surface area contributed by atoms with Crippen molar-refractivity contribution >= 4 is 29.4 Å². The molecule has 4 heteroatoms. The van der Waals surface area contributed by atoms with E-state index in [-0.39, 0.29) is 4.58 Å². The fraction of sp³-hybridized carbons (Fsp3) is 0.833. The number of hydrogen-bond donors (Lipinski definition) is 0. The van der Waals surface area contributed by atoms with Crippen LogP contribution >= 0.6 is 23.5 Å². The molecule has 0 saturated carbocycles. The van der Waals surface area contributed by atoms with E-state index in [0.29, 0.717) is 0 Å². The Balaban J connectivity index is 3.61. The Kier molecular flexibility index (Phi) is 6.02. The molecule has 1 radical (unpaired) electrons. The van der Waals surface area contributed by atoms with Crippen LogP contribution in [0.1, 0.15) is 13.8 Å². The fourth-order valence-corrected chi connectivity index (χ4v) is 2.61. The summed E-state index contributed by atoms with van der Waals surface area (Å²) in [6, 6.07) is 0. The van der Waals surface area contributed by atoms with Crippen molar-refractivity contribution < 1.29 is 4.79 Å². The normalized spacial score (nSPS) is 10.3. The van der Waals surface area contributed by atoms with Gasteiger partial charge in [0.05, 0.1) is 0 Å². The van der Waals surface area contributed by atoms with Crippen molar-refractivity contribution in [1.29, 1.82) is 0 Å². The smallest absolute Gasteiger partial charge is 0.261 e. The van der Waals surface area contributed by atoms with Gasteiger partial charge in [-0.05, 0) is 11.5 Å². The zero-order chi connectivity index (χ0) is 7.98. The number of thioether (sulfide) groups is 2. The molecule has 0 fully saturated rings. The molecule has 0 aliphatic heterocycles. The van der Waals surface area contributed by atoms with Crippen LogP contribution in [0.3, 0.4) is 0 Å². The van der Waals surface area contributed by atoms with E-state index in [9.17, 15) is 4.79 Å². The predicted octanol–water partition coefficient (Wildman–Crippen LogP) is 1.63. The van der Waals surface area contributed by atoms with Crippen LogP contribution in [0.2, 0.25) is 0 Å². The topological polar surface area (TPSA) is 40.9 Å². The second-order valence-electron chi connectivity index (χ2n) is 1.61. The number of carbonyl (C=O) groups excluding carboxylic acids is 1. The Morgan fingerprint density at radius 3 is 2.00 bits per heavy atom. The molecule has 0 aromatic carbocycles. The van der Waals surface area contributed by atoms with Gasteiger partial charge in [-0.3, -0.25) is 10.5 Å². The molecular weight excluding hydrogens is 166 g/mol. The van der Waals surface area contributed by atoms with Crippen LogP contribution in [-0.4, -0.2) is 22.0 Å². The maximum atomic E-state index is 10.5. The molecule has 1 N–H and O–H groups in total. The van der Waals surface area contributed by atoms with Gasteiger partial charge in [0.15, 0.2) is 0 Å². The number of rotatable bonds is 5. The molecule has 0 spiro atoms. The van der Waals surface area contributed by atoms with E-state index in [4.69, 9.17) is 5.73 Å². The van der Waals surface area contributed by atoms with Gasteiger partial charge in [0.2, 0.25) is 0 Å². The van der Waals surface area contributed by atoms with Crippen molar-refractivity contribution in [2.45, 2.75) is 18.4 Å². The summed E-state index contributed by atoms with van der Waals surface area (Å²) in [5, 5.41) is 0. The first kappa shape index (κ1) is 10.2. The van der Waals surface area contributed by atoms with E-state index < -0.39 is 5.91 Å². The highest BCUT2D eigenvalue weighted by Gasteiger charge is 2.13. The second kappa shape index (κ2) is 5.92. The summed E-state index contributed by atoms with van der Waals surface area (Å²) in [4.78, 5) is 10.5. The fourth-order valence-electron chi connectivity index (χ4n) is 0.502. The SMILES string of the molecule is CCSC(SCC)C([NH])=O. The lowest BCUT2D eigenvalue weighted by molar-refractivity contribution is -0.116. The summed E-state index contributed by atoms with van der Waals surface area (Å²) in [7, 11) is 0. The van der Waals surface area contributed by atoms with Crippen LogP contribution in [0.4, 0.5) is 0 Å². The molecule has 0 rings (SSSR count). The van der Waals surface area contributed by atoms with Crippen LogP contribution in [-0.2, 0) is 4.79 Å². The summed E-state index contributed by atoms with van der Waals surface area (Å²) in [6.07, 6.45) is 0. The molecule has 0 aliphatic carbocycles. The Labute approximate surface area is 70.3 Å². The Morgan fingerprint density at radius 1 is 1.40 bits per heavy atom. The maximum absolute atomic E-state index is 10.5. The van der Waals surface area contributed by atoms with Crippen LogP contribution in [0, 0.1) is 0 Å². The van der Waals surface area contributed by atoms with Crippen molar-refractivity contribution in [2.24, 2.45) is 0 Å². The minimum absolute atomic E-state index is 0.157. The number of nitrogens with one attached hydrogen (secondary N) is 1. The first-order valence-electron chi connectivity index (χ1n) is 3.21. The van der Waals surface area contributed by atoms with Crippen LogP contribution in [0.25, 0.3) is 0 Å². The van der Waals surface area contributed by atoms with Crippen molar-refractivity contribution in [1.82, 2.24) is 5.73 Å². The van der Waals surface area contributed by atoms with Crippen molar-refractivity contribution in [3.63, 3.8) is 0 Å². The van der Waals surface area contributed by atoms with Gasteiger partial charge in [0.1, 0.15) is 4.58 Å². The molecule has 0 aromatic heterocycles. The molecule has 0 aliphatic rings. The lowest BCUT2D eigenvalue weighted by Gasteiger charge is -2.07. The summed E-state index contributed by atoms with van der Waals surface area (Å²) in [5.74, 6) is 1.35. The van der Waals surface area contributed by atoms with Gasteiger partial charge in [0, 0.05) is 0 Å². The molecule has 0 unspecified atom stereocenters. The monoisotopic (exact) mass is 178 g/mol. The third kappa shape index (κ3) is 4.06. The number of carbonyl (C=O) groups is 1. The van der Waals surface area contributed by atoms with Gasteiger partial charge in [-0.25, -0.2) is 0 Å². The highest BCUT2D eigenvalue weighted by molar-refractivity contribution is 8.18. The molecule has 0 bridgehead atoms. The Hall–Kier alpha value is 0.170. The Morgan fingerprint density at radius 2 is 1.80 bits per heavy atom. The van der Waals surface area contributed by atoms with Crippen molar-refractivity contribution in [3.8, 4) is 0 Å². The van der Waals surface area contributed by atoms with Crippen molar-refractivity contribution in [3.05, 3.63) is 0 Å². The zero-order valence-corrected chi connectivity index (χ0v) is 7.85. The summed E-state index contributed by atoms with van der Waals surface area (Å²) in [5.41, 5.74) is 6.86. The summed E-state index contributed by atoms with van der Waals surface area (Å²) in [6.45, 7) is 3.99. The summed E-state index contributed by atoms with van der Waals surface area (Å²) < 4.78 is -0.157. The highest BCUT2D eigenvalue weighted by Crippen LogP contribution is 2.22. The largest absolute Gasteiger partial charge is 0.271 e. The lowest BCUT2D eigenvalue weighted by Crippen LogP contribution is -2.14. The standard InChI is InChI=1S/C6H12NOS2/c1-3-9-6(5(7)8)10-4-2/h6-7H,3-4H2,1-2H3. The van der Waals surface area contributed by atoms with Gasteiger partial charge < -0.3 is 0 Å². The molecule has 10 heavy (non-hydrogen) atoms. The quantitative estimate of drug-likeness (QED) is 0.601. The molecule has 0 saturated heterocycles. The van der Waals surface area contributed by atoms with E-state index in [1.54, 1.807) is 0 Å². The van der Waals surface area contributed by atoms with Crippen LogP contribution < -0.4 is 5.73 Å². The van der Waals surface area contributed by atoms with Gasteiger partial charge in [-0.2, -0.15) is 0 Å².